The SMILES string of the molecule is CCCN1CCC(O)(c2c(Cl)cnn2CC)CC1. The van der Waals surface area contributed by atoms with Gasteiger partial charge < -0.3 is 10.0 Å². The summed E-state index contributed by atoms with van der Waals surface area (Å²) in [6, 6.07) is 0. The van der Waals surface area contributed by atoms with Gasteiger partial charge >= 0.3 is 0 Å². The van der Waals surface area contributed by atoms with Crippen molar-refractivity contribution < 1.29 is 5.11 Å². The van der Waals surface area contributed by atoms with Crippen molar-refractivity contribution in [2.45, 2.75) is 45.3 Å². The lowest BCUT2D eigenvalue weighted by molar-refractivity contribution is -0.0324. The summed E-state index contributed by atoms with van der Waals surface area (Å²) in [4.78, 5) is 2.40. The first kappa shape index (κ1) is 13.8. The van der Waals surface area contributed by atoms with E-state index in [9.17, 15) is 5.11 Å². The van der Waals surface area contributed by atoms with Crippen molar-refractivity contribution in [2.24, 2.45) is 0 Å². The molecule has 0 aliphatic carbocycles. The van der Waals surface area contributed by atoms with Crippen LogP contribution in [0.25, 0.3) is 0 Å². The molecule has 5 heteroatoms. The molecule has 4 nitrogen and oxygen atoms in total. The first-order chi connectivity index (χ1) is 8.60. The third-order valence-electron chi connectivity index (χ3n) is 3.76. The van der Waals surface area contributed by atoms with Gasteiger partial charge in [0.2, 0.25) is 0 Å². The average Bonchev–Trinajstić information content (AvgIpc) is 2.75. The van der Waals surface area contributed by atoms with Crippen LogP contribution in [0, 0.1) is 0 Å². The highest BCUT2D eigenvalue weighted by molar-refractivity contribution is 6.31. The summed E-state index contributed by atoms with van der Waals surface area (Å²) in [5, 5.41) is 15.6. The number of nitrogens with zero attached hydrogens (tertiary/aromatic N) is 3. The maximum atomic E-state index is 10.8. The number of piperidine rings is 1. The molecule has 1 aromatic heterocycles. The van der Waals surface area contributed by atoms with Crippen LogP contribution in [0.1, 0.15) is 38.8 Å². The number of rotatable bonds is 4. The molecule has 0 unspecified atom stereocenters. The van der Waals surface area contributed by atoms with Crippen molar-refractivity contribution in [1.29, 1.82) is 0 Å². The van der Waals surface area contributed by atoms with E-state index in [0.29, 0.717) is 5.02 Å². The fraction of sp³-hybridized carbons (Fsp3) is 0.769. The number of hydrogen-bond donors (Lipinski definition) is 1. The average molecular weight is 272 g/mol. The Balaban J connectivity index is 2.15. The van der Waals surface area contributed by atoms with Crippen LogP contribution in [0.15, 0.2) is 6.20 Å². The highest BCUT2D eigenvalue weighted by atomic mass is 35.5. The van der Waals surface area contributed by atoms with Crippen molar-refractivity contribution in [3.63, 3.8) is 0 Å². The Kier molecular flexibility index (Phi) is 4.30. The first-order valence-corrected chi connectivity index (χ1v) is 7.15. The maximum Gasteiger partial charge on any atom is 0.110 e. The Morgan fingerprint density at radius 3 is 2.61 bits per heavy atom. The lowest BCUT2D eigenvalue weighted by Gasteiger charge is -2.38. The molecule has 18 heavy (non-hydrogen) atoms. The second kappa shape index (κ2) is 5.59. The normalized spacial score (nSPS) is 20.2. The minimum Gasteiger partial charge on any atom is -0.383 e. The molecular weight excluding hydrogens is 250 g/mol. The Morgan fingerprint density at radius 2 is 2.06 bits per heavy atom. The first-order valence-electron chi connectivity index (χ1n) is 6.77. The number of halogens is 1. The predicted molar refractivity (Wildman–Crippen MR) is 72.8 cm³/mol. The van der Waals surface area contributed by atoms with Gasteiger partial charge in [0.05, 0.1) is 16.9 Å². The van der Waals surface area contributed by atoms with E-state index in [2.05, 4.69) is 16.9 Å². The zero-order valence-electron chi connectivity index (χ0n) is 11.2. The lowest BCUT2D eigenvalue weighted by Crippen LogP contribution is -2.44. The van der Waals surface area contributed by atoms with Crippen molar-refractivity contribution in [1.82, 2.24) is 14.7 Å². The van der Waals surface area contributed by atoms with Crippen LogP contribution < -0.4 is 0 Å². The second-order valence-corrected chi connectivity index (χ2v) is 5.44. The molecule has 0 atom stereocenters. The molecule has 1 aliphatic rings. The highest BCUT2D eigenvalue weighted by Gasteiger charge is 2.38. The molecule has 0 amide bonds. The van der Waals surface area contributed by atoms with Crippen LogP contribution in [0.5, 0.6) is 0 Å². The molecule has 0 radical (unpaired) electrons. The largest absolute Gasteiger partial charge is 0.383 e. The summed E-state index contributed by atoms with van der Waals surface area (Å²) < 4.78 is 1.82. The van der Waals surface area contributed by atoms with Crippen LogP contribution in [-0.4, -0.2) is 39.4 Å². The van der Waals surface area contributed by atoms with Gasteiger partial charge in [-0.25, -0.2) is 0 Å². The van der Waals surface area contributed by atoms with E-state index < -0.39 is 5.60 Å². The molecule has 1 N–H and O–H groups in total. The molecule has 0 spiro atoms. The van der Waals surface area contributed by atoms with Crippen LogP contribution in [0.4, 0.5) is 0 Å². The fourth-order valence-corrected chi connectivity index (χ4v) is 3.08. The summed E-state index contributed by atoms with van der Waals surface area (Å²) >= 11 is 6.19. The Morgan fingerprint density at radius 1 is 1.39 bits per heavy atom. The predicted octanol–water partition coefficient (Wildman–Crippen LogP) is 2.25. The molecule has 0 saturated carbocycles. The summed E-state index contributed by atoms with van der Waals surface area (Å²) in [7, 11) is 0. The van der Waals surface area contributed by atoms with Crippen LogP contribution in [0.3, 0.4) is 0 Å². The van der Waals surface area contributed by atoms with Gasteiger partial charge in [-0.05, 0) is 32.7 Å². The maximum absolute atomic E-state index is 10.8. The fourth-order valence-electron chi connectivity index (χ4n) is 2.76. The topological polar surface area (TPSA) is 41.3 Å². The molecule has 2 rings (SSSR count). The van der Waals surface area contributed by atoms with Crippen LogP contribution in [0.2, 0.25) is 5.02 Å². The van der Waals surface area contributed by atoms with E-state index in [1.807, 2.05) is 11.6 Å². The number of aliphatic hydroxyl groups is 1. The van der Waals surface area contributed by atoms with E-state index in [1.165, 1.54) is 0 Å². The summed E-state index contributed by atoms with van der Waals surface area (Å²) in [6.07, 6.45) is 4.26. The van der Waals surface area contributed by atoms with E-state index in [0.717, 1.165) is 51.1 Å². The Labute approximate surface area is 114 Å². The number of aromatic nitrogens is 2. The van der Waals surface area contributed by atoms with Gasteiger partial charge in [-0.1, -0.05) is 18.5 Å². The van der Waals surface area contributed by atoms with Gasteiger partial charge in [0.15, 0.2) is 0 Å². The smallest absolute Gasteiger partial charge is 0.110 e. The number of hydrogen-bond acceptors (Lipinski definition) is 3. The summed E-state index contributed by atoms with van der Waals surface area (Å²) in [6.45, 7) is 7.90. The molecule has 2 heterocycles. The second-order valence-electron chi connectivity index (χ2n) is 5.03. The zero-order valence-corrected chi connectivity index (χ0v) is 11.9. The van der Waals surface area contributed by atoms with Crippen molar-refractivity contribution in [3.8, 4) is 0 Å². The quantitative estimate of drug-likeness (QED) is 0.913. The molecule has 1 saturated heterocycles. The van der Waals surface area contributed by atoms with Crippen molar-refractivity contribution in [2.75, 3.05) is 19.6 Å². The lowest BCUT2D eigenvalue weighted by atomic mass is 9.88. The highest BCUT2D eigenvalue weighted by Crippen LogP contribution is 2.36. The monoisotopic (exact) mass is 271 g/mol. The standard InChI is InChI=1S/C13H22ClN3O/c1-3-7-16-8-5-13(18,6-9-16)12-11(14)10-15-17(12)4-2/h10,18H,3-9H2,1-2H3. The third kappa shape index (κ3) is 2.56. The molecule has 0 aromatic carbocycles. The van der Waals surface area contributed by atoms with Gasteiger partial charge in [-0.15, -0.1) is 0 Å². The summed E-state index contributed by atoms with van der Waals surface area (Å²) in [5.41, 5.74) is -0.0174. The van der Waals surface area contributed by atoms with E-state index in [-0.39, 0.29) is 0 Å². The van der Waals surface area contributed by atoms with Gasteiger partial charge in [-0.3, -0.25) is 4.68 Å². The number of likely N-dealkylation sites (tertiary alicyclic amines) is 1. The molecular formula is C13H22ClN3O. The van der Waals surface area contributed by atoms with E-state index in [1.54, 1.807) is 6.20 Å². The molecule has 1 fully saturated rings. The minimum absolute atomic E-state index is 0.586. The van der Waals surface area contributed by atoms with Gasteiger partial charge in [0.1, 0.15) is 5.60 Å². The van der Waals surface area contributed by atoms with E-state index in [4.69, 9.17) is 11.6 Å². The number of aryl methyl sites for hydroxylation is 1. The van der Waals surface area contributed by atoms with Gasteiger partial charge in [0, 0.05) is 19.6 Å². The van der Waals surface area contributed by atoms with Gasteiger partial charge in [0.25, 0.3) is 0 Å². The third-order valence-corrected chi connectivity index (χ3v) is 4.03. The Bertz CT molecular complexity index is 397. The van der Waals surface area contributed by atoms with Crippen LogP contribution >= 0.6 is 11.6 Å². The minimum atomic E-state index is -0.812. The van der Waals surface area contributed by atoms with Crippen molar-refractivity contribution >= 4 is 11.6 Å². The Hall–Kier alpha value is -0.580. The van der Waals surface area contributed by atoms with Gasteiger partial charge in [-0.2, -0.15) is 5.10 Å². The molecule has 102 valence electrons. The van der Waals surface area contributed by atoms with Crippen molar-refractivity contribution in [3.05, 3.63) is 16.9 Å². The zero-order chi connectivity index (χ0) is 13.2. The van der Waals surface area contributed by atoms with Crippen LogP contribution in [-0.2, 0) is 12.1 Å². The molecule has 1 aromatic rings. The molecule has 0 bridgehead atoms. The molecule has 1 aliphatic heterocycles. The van der Waals surface area contributed by atoms with E-state index >= 15 is 0 Å². The summed E-state index contributed by atoms with van der Waals surface area (Å²) in [5.74, 6) is 0.